The first kappa shape index (κ1) is 23.4. The summed E-state index contributed by atoms with van der Waals surface area (Å²) < 4.78 is 5.02. The average Bonchev–Trinajstić information content (AvgIpc) is 3.23. The molecule has 5 heteroatoms. The van der Waals surface area contributed by atoms with E-state index in [1.165, 1.54) is 33.3 Å². The Balaban J connectivity index is 1.75. The van der Waals surface area contributed by atoms with Gasteiger partial charge in [0, 0.05) is 7.11 Å². The smallest absolute Gasteiger partial charge is 0.338 e. The second-order valence-corrected chi connectivity index (χ2v) is 9.22. The molecule has 2 fully saturated rings. The van der Waals surface area contributed by atoms with E-state index in [9.17, 15) is 20.1 Å². The fourth-order valence-corrected chi connectivity index (χ4v) is 5.08. The predicted octanol–water partition coefficient (Wildman–Crippen LogP) is 4.17. The molecule has 2 rings (SSSR count). The van der Waals surface area contributed by atoms with Gasteiger partial charge in [0.1, 0.15) is 0 Å². The molecule has 2 saturated carbocycles. The number of aliphatic hydroxyl groups excluding tert-OH is 2. The summed E-state index contributed by atoms with van der Waals surface area (Å²) in [5.41, 5.74) is -1.56. The largest absolute Gasteiger partial charge is 0.479 e. The summed E-state index contributed by atoms with van der Waals surface area (Å²) in [4.78, 5) is 11.3. The number of ether oxygens (including phenoxy) is 1. The van der Waals surface area contributed by atoms with Crippen molar-refractivity contribution in [1.82, 2.24) is 0 Å². The van der Waals surface area contributed by atoms with Crippen molar-refractivity contribution in [3.63, 3.8) is 0 Å². The van der Waals surface area contributed by atoms with Crippen LogP contribution in [0.1, 0.15) is 78.1 Å². The maximum Gasteiger partial charge on any atom is 0.338 e. The highest BCUT2D eigenvalue weighted by Crippen LogP contribution is 2.38. The van der Waals surface area contributed by atoms with Gasteiger partial charge in [0.2, 0.25) is 0 Å². The zero-order chi connectivity index (χ0) is 20.7. The molecule has 0 radical (unpaired) electrons. The number of rotatable bonds is 11. The molecule has 0 aromatic rings. The van der Waals surface area contributed by atoms with Crippen LogP contribution in [0.4, 0.5) is 0 Å². The number of methoxy groups -OCH3 is 1. The Labute approximate surface area is 170 Å². The molecule has 0 amide bonds. The highest BCUT2D eigenvalue weighted by molar-refractivity contribution is 5.77. The molecule has 2 aliphatic carbocycles. The van der Waals surface area contributed by atoms with Crippen LogP contribution < -0.4 is 0 Å². The lowest BCUT2D eigenvalue weighted by Gasteiger charge is -2.29. The Morgan fingerprint density at radius 1 is 1.25 bits per heavy atom. The van der Waals surface area contributed by atoms with Crippen molar-refractivity contribution in [2.75, 3.05) is 7.11 Å². The summed E-state index contributed by atoms with van der Waals surface area (Å²) in [6.45, 7) is 3.77. The fourth-order valence-electron chi connectivity index (χ4n) is 5.08. The first-order chi connectivity index (χ1) is 13.3. The zero-order valence-corrected chi connectivity index (χ0v) is 17.8. The van der Waals surface area contributed by atoms with E-state index < -0.39 is 17.7 Å². The number of aliphatic hydroxyl groups is 2. The van der Waals surface area contributed by atoms with E-state index in [0.29, 0.717) is 12.3 Å². The first-order valence-electron chi connectivity index (χ1n) is 11.1. The van der Waals surface area contributed by atoms with E-state index in [4.69, 9.17) is 4.74 Å². The number of aliphatic carboxylic acids is 1. The summed E-state index contributed by atoms with van der Waals surface area (Å²) in [5, 5.41) is 29.8. The van der Waals surface area contributed by atoms with Crippen LogP contribution in [0.3, 0.4) is 0 Å². The van der Waals surface area contributed by atoms with Gasteiger partial charge in [-0.05, 0) is 69.1 Å². The number of hydrogen-bond donors (Lipinski definition) is 3. The minimum absolute atomic E-state index is 0.242. The molecular weight excluding hydrogens is 356 g/mol. The van der Waals surface area contributed by atoms with Crippen LogP contribution in [-0.4, -0.2) is 46.2 Å². The van der Waals surface area contributed by atoms with Gasteiger partial charge in [0.25, 0.3) is 0 Å². The van der Waals surface area contributed by atoms with Crippen LogP contribution in [0.2, 0.25) is 0 Å². The maximum absolute atomic E-state index is 11.3. The molecule has 0 heterocycles. The molecule has 5 nitrogen and oxygen atoms in total. The number of hydrogen-bond acceptors (Lipinski definition) is 4. The van der Waals surface area contributed by atoms with Gasteiger partial charge in [0.15, 0.2) is 5.60 Å². The molecule has 0 aromatic heterocycles. The van der Waals surface area contributed by atoms with Crippen LogP contribution in [0, 0.1) is 23.7 Å². The first-order valence-corrected chi connectivity index (χ1v) is 11.1. The minimum Gasteiger partial charge on any atom is -0.479 e. The minimum atomic E-state index is -1.56. The van der Waals surface area contributed by atoms with Crippen LogP contribution in [-0.2, 0) is 9.53 Å². The molecule has 3 N–H and O–H groups in total. The Morgan fingerprint density at radius 2 is 2.00 bits per heavy atom. The Bertz CT molecular complexity index is 519. The zero-order valence-electron chi connectivity index (χ0n) is 17.8. The van der Waals surface area contributed by atoms with Gasteiger partial charge in [0.05, 0.1) is 12.2 Å². The second-order valence-electron chi connectivity index (χ2n) is 9.22. The summed E-state index contributed by atoms with van der Waals surface area (Å²) >= 11 is 0. The van der Waals surface area contributed by atoms with Crippen LogP contribution >= 0.6 is 0 Å². The van der Waals surface area contributed by atoms with Crippen LogP contribution in [0.15, 0.2) is 12.2 Å². The van der Waals surface area contributed by atoms with E-state index in [-0.39, 0.29) is 12.0 Å². The van der Waals surface area contributed by atoms with Crippen LogP contribution in [0.5, 0.6) is 0 Å². The van der Waals surface area contributed by atoms with E-state index in [1.54, 1.807) is 0 Å². The summed E-state index contributed by atoms with van der Waals surface area (Å²) in [7, 11) is 1.31. The van der Waals surface area contributed by atoms with Gasteiger partial charge in [-0.3, -0.25) is 0 Å². The molecule has 2 aliphatic rings. The van der Waals surface area contributed by atoms with Gasteiger partial charge in [-0.2, -0.15) is 0 Å². The molecule has 28 heavy (non-hydrogen) atoms. The topological polar surface area (TPSA) is 87.0 Å². The lowest BCUT2D eigenvalue weighted by Crippen LogP contribution is -2.48. The standard InChI is InChI=1S/C23H40O5/c1-16-8-6-9-17(16)10-7-11-18-14-15-20(24)19(18)12-4-5-13-21(25)23(2,28-3)22(26)27/h7,11,16-21,24-25H,4-6,8-10,12-15H2,1-3H3,(H,26,27)/t16-,17+,18+,19-,20+,21?,23?/m1/s1. The quantitative estimate of drug-likeness (QED) is 0.360. The molecule has 0 aromatic carbocycles. The number of carbonyl (C=O) groups is 1. The lowest BCUT2D eigenvalue weighted by molar-refractivity contribution is -0.174. The monoisotopic (exact) mass is 396 g/mol. The number of unbranched alkanes of at least 4 members (excludes halogenated alkanes) is 1. The Hall–Kier alpha value is -0.910. The normalized spacial score (nSPS) is 34.0. The summed E-state index contributed by atoms with van der Waals surface area (Å²) in [5.74, 6) is 1.24. The van der Waals surface area contributed by atoms with E-state index >= 15 is 0 Å². The fraction of sp³-hybridized carbons (Fsp3) is 0.870. The molecule has 0 bridgehead atoms. The van der Waals surface area contributed by atoms with Gasteiger partial charge in [-0.1, -0.05) is 44.8 Å². The Morgan fingerprint density at radius 3 is 2.61 bits per heavy atom. The summed E-state index contributed by atoms with van der Waals surface area (Å²) in [6, 6.07) is 0. The van der Waals surface area contributed by atoms with Gasteiger partial charge in [-0.15, -0.1) is 0 Å². The van der Waals surface area contributed by atoms with E-state index in [1.807, 2.05) is 0 Å². The molecule has 162 valence electrons. The van der Waals surface area contributed by atoms with Gasteiger partial charge in [-0.25, -0.2) is 4.79 Å². The van der Waals surface area contributed by atoms with Gasteiger partial charge < -0.3 is 20.1 Å². The Kier molecular flexibility index (Phi) is 8.97. The highest BCUT2D eigenvalue weighted by atomic mass is 16.5. The average molecular weight is 397 g/mol. The molecular formula is C23H40O5. The lowest BCUT2D eigenvalue weighted by atomic mass is 9.87. The van der Waals surface area contributed by atoms with Crippen molar-refractivity contribution in [3.05, 3.63) is 12.2 Å². The maximum atomic E-state index is 11.3. The molecule has 2 unspecified atom stereocenters. The van der Waals surface area contributed by atoms with E-state index in [2.05, 4.69) is 19.1 Å². The van der Waals surface area contributed by atoms with Crippen molar-refractivity contribution in [2.24, 2.45) is 23.7 Å². The number of carboxylic acids is 1. The molecule has 0 aliphatic heterocycles. The van der Waals surface area contributed by atoms with Crippen molar-refractivity contribution in [3.8, 4) is 0 Å². The molecule has 0 saturated heterocycles. The van der Waals surface area contributed by atoms with Crippen molar-refractivity contribution in [1.29, 1.82) is 0 Å². The third-order valence-electron chi connectivity index (χ3n) is 7.45. The highest BCUT2D eigenvalue weighted by Gasteiger charge is 2.40. The third kappa shape index (κ3) is 5.80. The van der Waals surface area contributed by atoms with Crippen LogP contribution in [0.25, 0.3) is 0 Å². The molecule has 7 atom stereocenters. The van der Waals surface area contributed by atoms with Gasteiger partial charge >= 0.3 is 5.97 Å². The summed E-state index contributed by atoms with van der Waals surface area (Å²) in [6.07, 6.45) is 13.5. The van der Waals surface area contributed by atoms with Crippen molar-refractivity contribution < 1.29 is 24.9 Å². The van der Waals surface area contributed by atoms with E-state index in [0.717, 1.165) is 50.4 Å². The van der Waals surface area contributed by atoms with Crippen molar-refractivity contribution in [2.45, 2.75) is 95.9 Å². The molecule has 0 spiro atoms. The SMILES string of the molecule is COC(C)(C(=O)O)C(O)CCCC[C@H]1[C@@H](O)CC[C@@H]1C=CC[C@@H]1CCC[C@H]1C. The predicted molar refractivity (Wildman–Crippen MR) is 110 cm³/mol. The second kappa shape index (κ2) is 10.7. The third-order valence-corrected chi connectivity index (χ3v) is 7.45. The number of allylic oxidation sites excluding steroid dienone is 2. The van der Waals surface area contributed by atoms with Crippen molar-refractivity contribution >= 4 is 5.97 Å². The number of carboxylic acid groups (broad SMARTS) is 1.